The van der Waals surface area contributed by atoms with Gasteiger partial charge in [0, 0.05) is 6.04 Å². The predicted molar refractivity (Wildman–Crippen MR) is 74.9 cm³/mol. The molecule has 0 fully saturated rings. The Bertz CT molecular complexity index is 342. The SMILES string of the molecule is CCSCCC(C)Nc1nc(NN)nc(OC)n1. The summed E-state index contributed by atoms with van der Waals surface area (Å²) >= 11 is 1.91. The third kappa shape index (κ3) is 4.92. The Kier molecular flexibility index (Phi) is 6.51. The van der Waals surface area contributed by atoms with E-state index in [9.17, 15) is 0 Å². The number of rotatable bonds is 8. The van der Waals surface area contributed by atoms with Crippen molar-refractivity contribution in [1.82, 2.24) is 15.0 Å². The van der Waals surface area contributed by atoms with Crippen molar-refractivity contribution >= 4 is 23.7 Å². The second-order valence-corrected chi connectivity index (χ2v) is 5.04. The van der Waals surface area contributed by atoms with Gasteiger partial charge in [0.15, 0.2) is 0 Å². The topological polar surface area (TPSA) is 98.0 Å². The standard InChI is InChI=1S/C10H20N6OS/c1-4-18-6-5-7(2)12-8-13-9(16-11)15-10(14-8)17-3/h7H,4-6,11H2,1-3H3,(H2,12,13,14,15,16). The molecule has 1 atom stereocenters. The summed E-state index contributed by atoms with van der Waals surface area (Å²) in [5.41, 5.74) is 2.38. The molecule has 0 aromatic carbocycles. The number of nitrogen functional groups attached to an aromatic ring is 1. The lowest BCUT2D eigenvalue weighted by molar-refractivity contribution is 0.379. The van der Waals surface area contributed by atoms with E-state index in [1.54, 1.807) is 0 Å². The normalized spacial score (nSPS) is 12.0. The van der Waals surface area contributed by atoms with Crippen LogP contribution in [0.5, 0.6) is 6.01 Å². The fourth-order valence-corrected chi connectivity index (χ4v) is 2.08. The molecular formula is C10H20N6OS. The van der Waals surface area contributed by atoms with Gasteiger partial charge in [-0.1, -0.05) is 6.92 Å². The first-order valence-electron chi connectivity index (χ1n) is 5.80. The second-order valence-electron chi connectivity index (χ2n) is 3.64. The molecule has 0 saturated carbocycles. The van der Waals surface area contributed by atoms with Gasteiger partial charge in [0.05, 0.1) is 7.11 Å². The first-order valence-corrected chi connectivity index (χ1v) is 6.96. The van der Waals surface area contributed by atoms with Crippen molar-refractivity contribution in [2.75, 3.05) is 29.4 Å². The second kappa shape index (κ2) is 7.93. The minimum absolute atomic E-state index is 0.232. The molecule has 0 amide bonds. The van der Waals surface area contributed by atoms with E-state index < -0.39 is 0 Å². The largest absolute Gasteiger partial charge is 0.467 e. The number of methoxy groups -OCH3 is 1. The van der Waals surface area contributed by atoms with Crippen LogP contribution in [0.3, 0.4) is 0 Å². The molecule has 1 aromatic heterocycles. The fourth-order valence-electron chi connectivity index (χ4n) is 1.27. The first kappa shape index (κ1) is 14.8. The van der Waals surface area contributed by atoms with Crippen molar-refractivity contribution < 1.29 is 4.74 Å². The molecule has 4 N–H and O–H groups in total. The van der Waals surface area contributed by atoms with Crippen LogP contribution >= 0.6 is 11.8 Å². The van der Waals surface area contributed by atoms with Crippen LogP contribution in [0.25, 0.3) is 0 Å². The van der Waals surface area contributed by atoms with Crippen LogP contribution in [0.2, 0.25) is 0 Å². The highest BCUT2D eigenvalue weighted by molar-refractivity contribution is 7.99. The van der Waals surface area contributed by atoms with E-state index in [1.807, 2.05) is 11.8 Å². The van der Waals surface area contributed by atoms with Crippen LogP contribution in [0.1, 0.15) is 20.3 Å². The number of aromatic nitrogens is 3. The maximum atomic E-state index is 5.28. The van der Waals surface area contributed by atoms with Crippen molar-refractivity contribution in [3.63, 3.8) is 0 Å². The molecule has 0 saturated heterocycles. The highest BCUT2D eigenvalue weighted by Gasteiger charge is 2.08. The summed E-state index contributed by atoms with van der Waals surface area (Å²) in [6, 6.07) is 0.511. The lowest BCUT2D eigenvalue weighted by Crippen LogP contribution is -2.20. The average molecular weight is 272 g/mol. The lowest BCUT2D eigenvalue weighted by Gasteiger charge is -2.14. The van der Waals surface area contributed by atoms with Gasteiger partial charge in [-0.15, -0.1) is 0 Å². The Labute approximate surface area is 111 Å². The predicted octanol–water partition coefficient (Wildman–Crippen LogP) is 1.11. The number of nitrogens with one attached hydrogen (secondary N) is 2. The van der Waals surface area contributed by atoms with Gasteiger partial charge in [-0.05, 0) is 24.9 Å². The Morgan fingerprint density at radius 1 is 1.33 bits per heavy atom. The quantitative estimate of drug-likeness (QED) is 0.368. The molecule has 0 aliphatic rings. The minimum Gasteiger partial charge on any atom is -0.467 e. The molecule has 102 valence electrons. The number of anilines is 2. The molecule has 7 nitrogen and oxygen atoms in total. The van der Waals surface area contributed by atoms with Gasteiger partial charge in [-0.3, -0.25) is 5.43 Å². The Hall–Kier alpha value is -1.28. The zero-order valence-corrected chi connectivity index (χ0v) is 11.8. The number of hydrazine groups is 1. The minimum atomic E-state index is 0.232. The number of hydrogen-bond acceptors (Lipinski definition) is 8. The van der Waals surface area contributed by atoms with E-state index in [4.69, 9.17) is 10.6 Å². The number of hydrogen-bond donors (Lipinski definition) is 3. The van der Waals surface area contributed by atoms with E-state index in [-0.39, 0.29) is 18.0 Å². The lowest BCUT2D eigenvalue weighted by atomic mass is 10.3. The van der Waals surface area contributed by atoms with Gasteiger partial charge < -0.3 is 10.1 Å². The molecule has 8 heteroatoms. The van der Waals surface area contributed by atoms with E-state index >= 15 is 0 Å². The Balaban J connectivity index is 2.59. The van der Waals surface area contributed by atoms with Crippen molar-refractivity contribution in [3.8, 4) is 6.01 Å². The van der Waals surface area contributed by atoms with Crippen LogP contribution in [-0.2, 0) is 0 Å². The number of nitrogens with zero attached hydrogens (tertiary/aromatic N) is 3. The molecule has 1 unspecified atom stereocenters. The summed E-state index contributed by atoms with van der Waals surface area (Å²) in [4.78, 5) is 12.2. The highest BCUT2D eigenvalue weighted by atomic mass is 32.2. The molecule has 0 aliphatic carbocycles. The summed E-state index contributed by atoms with van der Waals surface area (Å²) < 4.78 is 4.98. The van der Waals surface area contributed by atoms with E-state index in [1.165, 1.54) is 7.11 Å². The third-order valence-electron chi connectivity index (χ3n) is 2.20. The maximum Gasteiger partial charge on any atom is 0.322 e. The molecule has 1 aromatic rings. The Morgan fingerprint density at radius 2 is 2.06 bits per heavy atom. The molecular weight excluding hydrogens is 252 g/mol. The van der Waals surface area contributed by atoms with E-state index in [2.05, 4.69) is 39.5 Å². The van der Waals surface area contributed by atoms with Gasteiger partial charge in [-0.2, -0.15) is 26.7 Å². The molecule has 18 heavy (non-hydrogen) atoms. The molecule has 0 bridgehead atoms. The van der Waals surface area contributed by atoms with Gasteiger partial charge in [-0.25, -0.2) is 5.84 Å². The zero-order chi connectivity index (χ0) is 13.4. The van der Waals surface area contributed by atoms with Crippen LogP contribution in [0.15, 0.2) is 0 Å². The molecule has 0 spiro atoms. The van der Waals surface area contributed by atoms with Crippen molar-refractivity contribution in [1.29, 1.82) is 0 Å². The van der Waals surface area contributed by atoms with Gasteiger partial charge in [0.1, 0.15) is 0 Å². The van der Waals surface area contributed by atoms with Crippen LogP contribution < -0.4 is 21.3 Å². The fraction of sp³-hybridized carbons (Fsp3) is 0.700. The number of ether oxygens (including phenoxy) is 1. The van der Waals surface area contributed by atoms with Gasteiger partial charge in [0.2, 0.25) is 11.9 Å². The Morgan fingerprint density at radius 3 is 2.67 bits per heavy atom. The highest BCUT2D eigenvalue weighted by Crippen LogP contribution is 2.12. The average Bonchev–Trinajstić information content (AvgIpc) is 2.38. The summed E-state index contributed by atoms with van der Waals surface area (Å²) in [6.07, 6.45) is 1.04. The van der Waals surface area contributed by atoms with Crippen LogP contribution in [0.4, 0.5) is 11.9 Å². The van der Waals surface area contributed by atoms with Gasteiger partial charge in [0.25, 0.3) is 0 Å². The van der Waals surface area contributed by atoms with Crippen LogP contribution in [0, 0.1) is 0 Å². The third-order valence-corrected chi connectivity index (χ3v) is 3.13. The first-order chi connectivity index (χ1) is 8.69. The van der Waals surface area contributed by atoms with Crippen molar-refractivity contribution in [3.05, 3.63) is 0 Å². The zero-order valence-electron chi connectivity index (χ0n) is 10.9. The summed E-state index contributed by atoms with van der Waals surface area (Å²) in [7, 11) is 1.50. The van der Waals surface area contributed by atoms with Crippen molar-refractivity contribution in [2.45, 2.75) is 26.3 Å². The van der Waals surface area contributed by atoms with Crippen LogP contribution in [-0.4, -0.2) is 39.6 Å². The molecule has 1 heterocycles. The maximum absolute atomic E-state index is 5.28. The van der Waals surface area contributed by atoms with Crippen molar-refractivity contribution in [2.24, 2.45) is 5.84 Å². The monoisotopic (exact) mass is 272 g/mol. The summed E-state index contributed by atoms with van der Waals surface area (Å²) in [5, 5.41) is 3.20. The molecule has 0 aliphatic heterocycles. The van der Waals surface area contributed by atoms with E-state index in [0.717, 1.165) is 17.9 Å². The summed E-state index contributed by atoms with van der Waals surface area (Å²) in [6.45, 7) is 4.24. The molecule has 1 rings (SSSR count). The van der Waals surface area contributed by atoms with Gasteiger partial charge >= 0.3 is 6.01 Å². The van der Waals surface area contributed by atoms with E-state index in [0.29, 0.717) is 5.95 Å². The summed E-state index contributed by atoms with van der Waals surface area (Å²) in [5.74, 6) is 8.26. The molecule has 0 radical (unpaired) electrons. The smallest absolute Gasteiger partial charge is 0.322 e. The number of nitrogens with two attached hydrogens (primary N) is 1. The number of thioether (sulfide) groups is 1.